The third-order valence-corrected chi connectivity index (χ3v) is 5.36. The van der Waals surface area contributed by atoms with Gasteiger partial charge in [0.2, 0.25) is 5.91 Å². The predicted molar refractivity (Wildman–Crippen MR) is 68.9 cm³/mol. The van der Waals surface area contributed by atoms with Crippen LogP contribution in [-0.2, 0) is 14.3 Å². The van der Waals surface area contributed by atoms with Gasteiger partial charge in [-0.2, -0.15) is 0 Å². The Balaban J connectivity index is 1.96. The number of fused-ring (bicyclic) bond motifs is 3. The van der Waals surface area contributed by atoms with Gasteiger partial charge in [-0.3, -0.25) is 4.79 Å². The number of carbonyl (C=O) groups is 2. The molecule has 0 aromatic heterocycles. The summed E-state index contributed by atoms with van der Waals surface area (Å²) in [7, 11) is 1.61. The molecular formula is C14H21NO5. The van der Waals surface area contributed by atoms with Crippen molar-refractivity contribution in [1.82, 2.24) is 4.90 Å². The van der Waals surface area contributed by atoms with Crippen LogP contribution in [-0.4, -0.2) is 58.4 Å². The van der Waals surface area contributed by atoms with Gasteiger partial charge in [-0.25, -0.2) is 4.79 Å². The first-order chi connectivity index (χ1) is 9.49. The van der Waals surface area contributed by atoms with E-state index < -0.39 is 24.0 Å². The molecular weight excluding hydrogens is 262 g/mol. The van der Waals surface area contributed by atoms with E-state index in [0.29, 0.717) is 0 Å². The van der Waals surface area contributed by atoms with E-state index in [9.17, 15) is 19.8 Å². The highest BCUT2D eigenvalue weighted by atomic mass is 16.5. The number of aliphatic hydroxyl groups is 1. The Hall–Kier alpha value is -1.14. The Kier molecular flexibility index (Phi) is 3.25. The van der Waals surface area contributed by atoms with Gasteiger partial charge in [0.05, 0.1) is 18.1 Å². The molecule has 0 spiro atoms. The van der Waals surface area contributed by atoms with E-state index in [-0.39, 0.29) is 29.9 Å². The fraction of sp³-hybridized carbons (Fsp3) is 0.857. The maximum atomic E-state index is 12.2. The second-order valence-corrected chi connectivity index (χ2v) is 6.23. The van der Waals surface area contributed by atoms with Crippen LogP contribution in [0.25, 0.3) is 0 Å². The summed E-state index contributed by atoms with van der Waals surface area (Å²) in [4.78, 5) is 25.3. The number of aliphatic carboxylic acids is 1. The highest BCUT2D eigenvalue weighted by molar-refractivity contribution is 5.92. The highest BCUT2D eigenvalue weighted by Gasteiger charge is 2.67. The molecule has 20 heavy (non-hydrogen) atoms. The Morgan fingerprint density at radius 2 is 2.15 bits per heavy atom. The second-order valence-electron chi connectivity index (χ2n) is 6.23. The van der Waals surface area contributed by atoms with Gasteiger partial charge in [0.25, 0.3) is 0 Å². The van der Waals surface area contributed by atoms with Crippen molar-refractivity contribution >= 4 is 11.9 Å². The zero-order valence-electron chi connectivity index (χ0n) is 11.7. The first-order valence-corrected chi connectivity index (χ1v) is 7.25. The van der Waals surface area contributed by atoms with Gasteiger partial charge in [-0.05, 0) is 25.7 Å². The Morgan fingerprint density at radius 1 is 1.45 bits per heavy atom. The molecule has 6 heteroatoms. The summed E-state index contributed by atoms with van der Waals surface area (Å²) in [5.74, 6) is -1.64. The van der Waals surface area contributed by atoms with Crippen LogP contribution in [0.5, 0.6) is 0 Å². The van der Waals surface area contributed by atoms with Crippen molar-refractivity contribution in [3.8, 4) is 0 Å². The summed E-state index contributed by atoms with van der Waals surface area (Å²) in [6.07, 6.45) is 1.90. The van der Waals surface area contributed by atoms with Crippen LogP contribution in [0.3, 0.4) is 0 Å². The number of carboxylic acids is 1. The summed E-state index contributed by atoms with van der Waals surface area (Å²) < 4.78 is 5.48. The average molecular weight is 283 g/mol. The number of rotatable bonds is 3. The molecule has 7 atom stereocenters. The molecule has 2 heterocycles. The topological polar surface area (TPSA) is 87.1 Å². The second kappa shape index (κ2) is 4.70. The number of hydrogen-bond donors (Lipinski definition) is 2. The molecule has 6 nitrogen and oxygen atoms in total. The zero-order chi connectivity index (χ0) is 14.6. The van der Waals surface area contributed by atoms with Crippen molar-refractivity contribution in [3.05, 3.63) is 0 Å². The van der Waals surface area contributed by atoms with Gasteiger partial charge < -0.3 is 19.8 Å². The Bertz CT molecular complexity index is 437. The molecule has 2 N–H and O–H groups in total. The summed E-state index contributed by atoms with van der Waals surface area (Å²) in [5.41, 5.74) is 0. The van der Waals surface area contributed by atoms with Gasteiger partial charge in [0.15, 0.2) is 0 Å². The van der Waals surface area contributed by atoms with Gasteiger partial charge in [0.1, 0.15) is 6.04 Å². The van der Waals surface area contributed by atoms with Crippen LogP contribution in [0.2, 0.25) is 0 Å². The van der Waals surface area contributed by atoms with Crippen LogP contribution in [0.15, 0.2) is 0 Å². The standard InChI is InChI=1S/C14H21NO5/c1-6(16)9-11-7-4-3-5-8(20-2)10(7)12(14(18)19)15(11)13(9)17/h6-12,16H,3-5H2,1-2H3,(H,18,19)/t6-,7?,8?,9?,10?,11?,12?/m1/s1. The van der Waals surface area contributed by atoms with Crippen molar-refractivity contribution in [1.29, 1.82) is 0 Å². The van der Waals surface area contributed by atoms with Crippen molar-refractivity contribution in [2.75, 3.05) is 7.11 Å². The van der Waals surface area contributed by atoms with Crippen LogP contribution in [0.4, 0.5) is 0 Å². The lowest BCUT2D eigenvalue weighted by Crippen LogP contribution is -2.65. The Morgan fingerprint density at radius 3 is 2.70 bits per heavy atom. The molecule has 2 saturated heterocycles. The zero-order valence-corrected chi connectivity index (χ0v) is 11.7. The molecule has 3 aliphatic rings. The molecule has 1 saturated carbocycles. The lowest BCUT2D eigenvalue weighted by atomic mass is 9.70. The van der Waals surface area contributed by atoms with Crippen molar-refractivity contribution in [2.24, 2.45) is 17.8 Å². The number of ether oxygens (including phenoxy) is 1. The molecule has 1 amide bonds. The molecule has 0 radical (unpaired) electrons. The van der Waals surface area contributed by atoms with Crippen LogP contribution in [0.1, 0.15) is 26.2 Å². The number of nitrogens with zero attached hydrogens (tertiary/aromatic N) is 1. The summed E-state index contributed by atoms with van der Waals surface area (Å²) in [5, 5.41) is 19.3. The van der Waals surface area contributed by atoms with Gasteiger partial charge in [0, 0.05) is 19.1 Å². The van der Waals surface area contributed by atoms with Crippen LogP contribution < -0.4 is 0 Å². The van der Waals surface area contributed by atoms with Crippen molar-refractivity contribution in [2.45, 2.75) is 50.5 Å². The smallest absolute Gasteiger partial charge is 0.326 e. The molecule has 0 aromatic rings. The lowest BCUT2D eigenvalue weighted by Gasteiger charge is -2.47. The average Bonchev–Trinajstić information content (AvgIpc) is 2.69. The molecule has 0 bridgehead atoms. The van der Waals surface area contributed by atoms with E-state index in [2.05, 4.69) is 0 Å². The van der Waals surface area contributed by atoms with Crippen molar-refractivity contribution < 1.29 is 24.5 Å². The van der Waals surface area contributed by atoms with E-state index >= 15 is 0 Å². The van der Waals surface area contributed by atoms with E-state index in [4.69, 9.17) is 4.74 Å². The summed E-state index contributed by atoms with van der Waals surface area (Å²) in [6, 6.07) is -0.927. The SMILES string of the molecule is COC1CCCC2C1C(C(=O)O)N1C(=O)C([C@@H](C)O)C21. The quantitative estimate of drug-likeness (QED) is 0.717. The summed E-state index contributed by atoms with van der Waals surface area (Å²) >= 11 is 0. The molecule has 112 valence electrons. The number of aliphatic hydroxyl groups excluding tert-OH is 1. The first-order valence-electron chi connectivity index (χ1n) is 7.25. The highest BCUT2D eigenvalue weighted by Crippen LogP contribution is 2.53. The maximum Gasteiger partial charge on any atom is 0.326 e. The molecule has 3 fully saturated rings. The van der Waals surface area contributed by atoms with E-state index in [0.717, 1.165) is 19.3 Å². The minimum atomic E-state index is -0.955. The van der Waals surface area contributed by atoms with Crippen LogP contribution in [0, 0.1) is 17.8 Å². The molecule has 6 unspecified atom stereocenters. The molecule has 1 aliphatic carbocycles. The minimum Gasteiger partial charge on any atom is -0.480 e. The predicted octanol–water partition coefficient (Wildman–Crippen LogP) is 0.0923. The molecule has 0 aromatic carbocycles. The number of carboxylic acid groups (broad SMARTS) is 1. The monoisotopic (exact) mass is 283 g/mol. The van der Waals surface area contributed by atoms with Gasteiger partial charge in [-0.1, -0.05) is 6.42 Å². The fourth-order valence-electron chi connectivity index (χ4n) is 4.64. The first kappa shape index (κ1) is 13.8. The van der Waals surface area contributed by atoms with E-state index in [1.807, 2.05) is 0 Å². The summed E-state index contributed by atoms with van der Waals surface area (Å²) in [6.45, 7) is 1.61. The van der Waals surface area contributed by atoms with Gasteiger partial charge in [-0.15, -0.1) is 0 Å². The molecule has 3 rings (SSSR count). The third kappa shape index (κ3) is 1.64. The number of amides is 1. The van der Waals surface area contributed by atoms with E-state index in [1.165, 1.54) is 4.90 Å². The normalized spacial score (nSPS) is 44.5. The Labute approximate surface area is 117 Å². The minimum absolute atomic E-state index is 0.108. The maximum absolute atomic E-state index is 12.2. The number of carbonyl (C=O) groups excluding carboxylic acids is 1. The largest absolute Gasteiger partial charge is 0.480 e. The molecule has 2 aliphatic heterocycles. The number of β-lactam (4-membered cyclic amide) rings is 1. The third-order valence-electron chi connectivity index (χ3n) is 5.36. The lowest BCUT2D eigenvalue weighted by molar-refractivity contribution is -0.171. The van der Waals surface area contributed by atoms with Gasteiger partial charge >= 0.3 is 5.97 Å². The van der Waals surface area contributed by atoms with Crippen molar-refractivity contribution in [3.63, 3.8) is 0 Å². The van der Waals surface area contributed by atoms with Crippen LogP contribution >= 0.6 is 0 Å². The number of hydrogen-bond acceptors (Lipinski definition) is 4. The fourth-order valence-corrected chi connectivity index (χ4v) is 4.64. The van der Waals surface area contributed by atoms with E-state index in [1.54, 1.807) is 14.0 Å². The number of methoxy groups -OCH3 is 1.